The number of hydrogen-bond acceptors (Lipinski definition) is 2. The Kier molecular flexibility index (Phi) is 12.3. The van der Waals surface area contributed by atoms with Crippen LogP contribution in [-0.4, -0.2) is 12.8 Å². The summed E-state index contributed by atoms with van der Waals surface area (Å²) in [7, 11) is 0. The lowest BCUT2D eigenvalue weighted by Gasteiger charge is -2.00. The van der Waals surface area contributed by atoms with Gasteiger partial charge in [-0.2, -0.15) is 0 Å². The van der Waals surface area contributed by atoms with E-state index in [4.69, 9.17) is 11.1 Å². The van der Waals surface area contributed by atoms with Gasteiger partial charge in [-0.1, -0.05) is 44.9 Å². The number of nitrogens with one attached hydrogen (secondary N) is 1. The first-order chi connectivity index (χ1) is 6.91. The van der Waals surface area contributed by atoms with Crippen molar-refractivity contribution in [3.8, 4) is 0 Å². The van der Waals surface area contributed by atoms with Crippen LogP contribution in [0.1, 0.15) is 64.2 Å². The van der Waals surface area contributed by atoms with E-state index in [1.165, 1.54) is 64.0 Å². The Morgan fingerprint density at radius 2 is 1.14 bits per heavy atom. The summed E-state index contributed by atoms with van der Waals surface area (Å²) < 4.78 is 0. The minimum absolute atomic E-state index is 0.851. The molecule has 0 rings (SSSR count). The highest BCUT2D eigenvalue weighted by atomic mass is 14.5. The van der Waals surface area contributed by atoms with Crippen LogP contribution in [0.25, 0.3) is 0 Å². The van der Waals surface area contributed by atoms with Crippen LogP contribution in [0.2, 0.25) is 0 Å². The van der Waals surface area contributed by atoms with Crippen molar-refractivity contribution < 1.29 is 0 Å². The third-order valence-electron chi connectivity index (χ3n) is 2.55. The molecule has 0 saturated heterocycles. The molecule has 0 radical (unpaired) electrons. The van der Waals surface area contributed by atoms with Crippen LogP contribution in [0, 0.1) is 5.41 Å². The molecule has 0 fully saturated rings. The molecule has 0 heterocycles. The van der Waals surface area contributed by atoms with Gasteiger partial charge in [0.1, 0.15) is 0 Å². The van der Waals surface area contributed by atoms with Crippen LogP contribution in [-0.2, 0) is 0 Å². The molecule has 84 valence electrons. The molecular weight excluding hydrogens is 172 g/mol. The number of unbranched alkanes of at least 4 members (excludes halogenated alkanes) is 9. The lowest BCUT2D eigenvalue weighted by Crippen LogP contribution is -1.97. The highest BCUT2D eigenvalue weighted by Gasteiger charge is 1.91. The molecule has 0 unspecified atom stereocenters. The van der Waals surface area contributed by atoms with E-state index in [2.05, 4.69) is 0 Å². The second-order valence-electron chi connectivity index (χ2n) is 3.96. The van der Waals surface area contributed by atoms with Gasteiger partial charge in [0.25, 0.3) is 0 Å². The summed E-state index contributed by atoms with van der Waals surface area (Å²) in [5.74, 6) is 0. The lowest BCUT2D eigenvalue weighted by atomic mass is 10.1. The molecule has 0 aliphatic carbocycles. The van der Waals surface area contributed by atoms with Crippen molar-refractivity contribution in [1.29, 1.82) is 5.41 Å². The maximum atomic E-state index is 6.88. The molecule has 0 atom stereocenters. The number of rotatable bonds is 11. The van der Waals surface area contributed by atoms with Crippen LogP contribution >= 0.6 is 0 Å². The minimum Gasteiger partial charge on any atom is -0.330 e. The number of nitrogens with two attached hydrogens (primary N) is 1. The van der Waals surface area contributed by atoms with Crippen molar-refractivity contribution in [1.82, 2.24) is 0 Å². The third-order valence-corrected chi connectivity index (χ3v) is 2.55. The molecule has 0 aromatic rings. The van der Waals surface area contributed by atoms with Gasteiger partial charge < -0.3 is 11.1 Å². The second-order valence-corrected chi connectivity index (χ2v) is 3.96. The standard InChI is InChI=1S/C12H26N2/c13-11-9-7-5-3-1-2-4-6-8-10-12-14/h11,13H,1-10,12,14H2. The molecule has 0 aliphatic rings. The summed E-state index contributed by atoms with van der Waals surface area (Å²) in [5.41, 5.74) is 5.42. The Labute approximate surface area is 88.8 Å². The Morgan fingerprint density at radius 3 is 1.57 bits per heavy atom. The second kappa shape index (κ2) is 12.6. The van der Waals surface area contributed by atoms with E-state index in [0.29, 0.717) is 0 Å². The summed E-state index contributed by atoms with van der Waals surface area (Å²) in [6.07, 6.45) is 14.4. The molecule has 0 aromatic heterocycles. The monoisotopic (exact) mass is 198 g/mol. The van der Waals surface area contributed by atoms with E-state index in [1.807, 2.05) is 0 Å². The highest BCUT2D eigenvalue weighted by Crippen LogP contribution is 2.09. The summed E-state index contributed by atoms with van der Waals surface area (Å²) in [6, 6.07) is 0. The fourth-order valence-corrected chi connectivity index (χ4v) is 1.63. The van der Waals surface area contributed by atoms with Crippen molar-refractivity contribution in [3.05, 3.63) is 0 Å². The molecular formula is C12H26N2. The average Bonchev–Trinajstić information content (AvgIpc) is 2.21. The quantitative estimate of drug-likeness (QED) is 0.387. The SMILES string of the molecule is N=CCCCCCCCCCCCN. The van der Waals surface area contributed by atoms with Gasteiger partial charge in [0, 0.05) is 0 Å². The fourth-order valence-electron chi connectivity index (χ4n) is 1.63. The summed E-state index contributed by atoms with van der Waals surface area (Å²) in [5, 5.41) is 6.88. The summed E-state index contributed by atoms with van der Waals surface area (Å²) >= 11 is 0. The zero-order valence-corrected chi connectivity index (χ0v) is 9.43. The molecule has 0 bridgehead atoms. The predicted octanol–water partition coefficient (Wildman–Crippen LogP) is 3.50. The summed E-state index contributed by atoms with van der Waals surface area (Å²) in [6.45, 7) is 0.851. The van der Waals surface area contributed by atoms with Gasteiger partial charge in [0.05, 0.1) is 0 Å². The maximum absolute atomic E-state index is 6.88. The van der Waals surface area contributed by atoms with Crippen LogP contribution in [0.15, 0.2) is 0 Å². The molecule has 0 amide bonds. The number of hydrogen-bond donors (Lipinski definition) is 2. The molecule has 0 spiro atoms. The van der Waals surface area contributed by atoms with Gasteiger partial charge in [-0.25, -0.2) is 0 Å². The predicted molar refractivity (Wildman–Crippen MR) is 64.0 cm³/mol. The smallest absolute Gasteiger partial charge is 0.00477 e. The molecule has 0 aromatic carbocycles. The van der Waals surface area contributed by atoms with E-state index >= 15 is 0 Å². The molecule has 2 heteroatoms. The van der Waals surface area contributed by atoms with E-state index in [9.17, 15) is 0 Å². The average molecular weight is 198 g/mol. The Hall–Kier alpha value is -0.370. The minimum atomic E-state index is 0.851. The van der Waals surface area contributed by atoms with Crippen LogP contribution < -0.4 is 5.73 Å². The van der Waals surface area contributed by atoms with Crippen LogP contribution in [0.3, 0.4) is 0 Å². The largest absolute Gasteiger partial charge is 0.330 e. The zero-order valence-electron chi connectivity index (χ0n) is 9.43. The lowest BCUT2D eigenvalue weighted by molar-refractivity contribution is 0.564. The van der Waals surface area contributed by atoms with E-state index in [1.54, 1.807) is 0 Å². The molecule has 2 nitrogen and oxygen atoms in total. The Morgan fingerprint density at radius 1 is 0.714 bits per heavy atom. The van der Waals surface area contributed by atoms with E-state index in [-0.39, 0.29) is 0 Å². The van der Waals surface area contributed by atoms with Gasteiger partial charge in [-0.15, -0.1) is 0 Å². The zero-order chi connectivity index (χ0) is 10.5. The molecule has 3 N–H and O–H groups in total. The van der Waals surface area contributed by atoms with Gasteiger partial charge in [0.15, 0.2) is 0 Å². The van der Waals surface area contributed by atoms with E-state index in [0.717, 1.165) is 13.0 Å². The maximum Gasteiger partial charge on any atom is -0.00477 e. The van der Waals surface area contributed by atoms with Gasteiger partial charge >= 0.3 is 0 Å². The van der Waals surface area contributed by atoms with Crippen LogP contribution in [0.4, 0.5) is 0 Å². The Balaban J connectivity index is 2.81. The van der Waals surface area contributed by atoms with Crippen molar-refractivity contribution >= 4 is 6.21 Å². The van der Waals surface area contributed by atoms with Gasteiger partial charge in [-0.05, 0) is 32.0 Å². The molecule has 0 saturated carbocycles. The first kappa shape index (κ1) is 13.6. The van der Waals surface area contributed by atoms with E-state index < -0.39 is 0 Å². The van der Waals surface area contributed by atoms with Crippen molar-refractivity contribution in [2.75, 3.05) is 6.54 Å². The van der Waals surface area contributed by atoms with Crippen molar-refractivity contribution in [2.45, 2.75) is 64.2 Å². The first-order valence-electron chi connectivity index (χ1n) is 6.11. The summed E-state index contributed by atoms with van der Waals surface area (Å²) in [4.78, 5) is 0. The van der Waals surface area contributed by atoms with Crippen molar-refractivity contribution in [2.24, 2.45) is 5.73 Å². The molecule has 0 aliphatic heterocycles. The van der Waals surface area contributed by atoms with Gasteiger partial charge in [0.2, 0.25) is 0 Å². The molecule has 14 heavy (non-hydrogen) atoms. The topological polar surface area (TPSA) is 49.9 Å². The van der Waals surface area contributed by atoms with Crippen LogP contribution in [0.5, 0.6) is 0 Å². The third kappa shape index (κ3) is 11.6. The Bertz CT molecular complexity index is 113. The van der Waals surface area contributed by atoms with Crippen molar-refractivity contribution in [3.63, 3.8) is 0 Å². The normalized spacial score (nSPS) is 10.4. The van der Waals surface area contributed by atoms with Gasteiger partial charge in [-0.3, -0.25) is 0 Å². The first-order valence-corrected chi connectivity index (χ1v) is 6.11. The fraction of sp³-hybridized carbons (Fsp3) is 0.917. The highest BCUT2D eigenvalue weighted by molar-refractivity contribution is 5.52.